The van der Waals surface area contributed by atoms with E-state index in [-0.39, 0.29) is 16.6 Å². The number of sulfonamides is 1. The third-order valence-electron chi connectivity index (χ3n) is 2.95. The Morgan fingerprint density at radius 1 is 1.13 bits per heavy atom. The van der Waals surface area contributed by atoms with Gasteiger partial charge in [0.2, 0.25) is 15.9 Å². The zero-order chi connectivity index (χ0) is 17.0. The van der Waals surface area contributed by atoms with Crippen LogP contribution in [0, 0.1) is 5.82 Å². The Hall–Kier alpha value is -1.90. The average Bonchev–Trinajstić information content (AvgIpc) is 2.49. The molecule has 2 aromatic rings. The number of hydrogen-bond acceptors (Lipinski definition) is 4. The summed E-state index contributed by atoms with van der Waals surface area (Å²) in [5.74, 6) is -0.580. The van der Waals surface area contributed by atoms with Crippen molar-refractivity contribution in [3.8, 4) is 0 Å². The lowest BCUT2D eigenvalue weighted by molar-refractivity contribution is -0.115. The Morgan fingerprint density at radius 3 is 2.22 bits per heavy atom. The average molecular weight is 354 g/mol. The van der Waals surface area contributed by atoms with E-state index in [0.717, 1.165) is 4.90 Å². The largest absolute Gasteiger partial charge is 0.325 e. The number of halogens is 1. The number of hydrogen-bond donors (Lipinski definition) is 2. The van der Waals surface area contributed by atoms with Crippen LogP contribution in [0.25, 0.3) is 0 Å². The molecule has 0 bridgehead atoms. The monoisotopic (exact) mass is 354 g/mol. The Bertz CT molecular complexity index is 790. The lowest BCUT2D eigenvalue weighted by Crippen LogP contribution is -2.22. The fraction of sp³-hybridized carbons (Fsp3) is 0.133. The van der Waals surface area contributed by atoms with Crippen LogP contribution in [-0.4, -0.2) is 19.6 Å². The van der Waals surface area contributed by atoms with Crippen LogP contribution in [0.2, 0.25) is 0 Å². The van der Waals surface area contributed by atoms with Crippen LogP contribution in [0.4, 0.5) is 10.1 Å². The van der Waals surface area contributed by atoms with Crippen molar-refractivity contribution in [2.24, 2.45) is 5.14 Å². The Kier molecular flexibility index (Phi) is 5.40. The maximum Gasteiger partial charge on any atom is 0.238 e. The fourth-order valence-corrected chi connectivity index (χ4v) is 3.13. The highest BCUT2D eigenvalue weighted by atomic mass is 32.2. The number of rotatable bonds is 5. The highest BCUT2D eigenvalue weighted by Crippen LogP contribution is 2.24. The lowest BCUT2D eigenvalue weighted by Gasteiger charge is -2.12. The summed E-state index contributed by atoms with van der Waals surface area (Å²) >= 11 is 1.29. The number of carbonyl (C=O) groups is 1. The van der Waals surface area contributed by atoms with E-state index in [1.165, 1.54) is 48.2 Å². The normalized spacial score (nSPS) is 12.7. The Morgan fingerprint density at radius 2 is 1.70 bits per heavy atom. The van der Waals surface area contributed by atoms with E-state index in [1.54, 1.807) is 19.1 Å². The molecular weight excluding hydrogens is 339 g/mol. The van der Waals surface area contributed by atoms with E-state index < -0.39 is 15.3 Å². The standard InChI is InChI=1S/C15H15FN2O3S2/c1-10(22-13-6-2-11(16)3-7-13)15(19)18-12-4-8-14(9-5-12)23(17,20)21/h2-10H,1H3,(H,18,19)(H2,17,20,21). The Balaban J connectivity index is 1.99. The van der Waals surface area contributed by atoms with Crippen molar-refractivity contribution < 1.29 is 17.6 Å². The van der Waals surface area contributed by atoms with Crippen molar-refractivity contribution in [1.82, 2.24) is 0 Å². The van der Waals surface area contributed by atoms with Gasteiger partial charge in [-0.3, -0.25) is 4.79 Å². The van der Waals surface area contributed by atoms with Gasteiger partial charge in [0, 0.05) is 10.6 Å². The summed E-state index contributed by atoms with van der Waals surface area (Å²) in [6.45, 7) is 1.72. The molecular formula is C15H15FN2O3S2. The maximum absolute atomic E-state index is 12.8. The van der Waals surface area contributed by atoms with Gasteiger partial charge in [-0.05, 0) is 55.5 Å². The van der Waals surface area contributed by atoms with Gasteiger partial charge in [0.25, 0.3) is 0 Å². The van der Waals surface area contributed by atoms with Crippen LogP contribution in [0.1, 0.15) is 6.92 Å². The van der Waals surface area contributed by atoms with Crippen LogP contribution in [0.5, 0.6) is 0 Å². The van der Waals surface area contributed by atoms with Gasteiger partial charge in [-0.2, -0.15) is 0 Å². The molecule has 2 aromatic carbocycles. The lowest BCUT2D eigenvalue weighted by atomic mass is 10.3. The summed E-state index contributed by atoms with van der Waals surface area (Å²) in [6.07, 6.45) is 0. The molecule has 0 spiro atoms. The molecule has 5 nitrogen and oxygen atoms in total. The molecule has 0 saturated carbocycles. The molecule has 23 heavy (non-hydrogen) atoms. The Labute approximate surface area is 138 Å². The first kappa shape index (κ1) is 17.5. The second-order valence-corrected chi connectivity index (χ2v) is 7.75. The highest BCUT2D eigenvalue weighted by Gasteiger charge is 2.15. The second kappa shape index (κ2) is 7.12. The van der Waals surface area contributed by atoms with E-state index >= 15 is 0 Å². The van der Waals surface area contributed by atoms with Crippen LogP contribution in [0.3, 0.4) is 0 Å². The fourth-order valence-electron chi connectivity index (χ4n) is 1.74. The predicted octanol–water partition coefficient (Wildman–Crippen LogP) is 2.59. The third kappa shape index (κ3) is 5.05. The molecule has 1 unspecified atom stereocenters. The minimum absolute atomic E-state index is 0.0239. The summed E-state index contributed by atoms with van der Waals surface area (Å²) in [5.41, 5.74) is 0.467. The second-order valence-electron chi connectivity index (χ2n) is 4.77. The zero-order valence-electron chi connectivity index (χ0n) is 12.2. The van der Waals surface area contributed by atoms with Gasteiger partial charge in [-0.1, -0.05) is 0 Å². The SMILES string of the molecule is CC(Sc1ccc(F)cc1)C(=O)Nc1ccc(S(N)(=O)=O)cc1. The quantitative estimate of drug-likeness (QED) is 0.808. The van der Waals surface area contributed by atoms with Gasteiger partial charge in [-0.25, -0.2) is 17.9 Å². The van der Waals surface area contributed by atoms with Crippen molar-refractivity contribution >= 4 is 33.4 Å². The molecule has 1 amide bonds. The van der Waals surface area contributed by atoms with Crippen LogP contribution >= 0.6 is 11.8 Å². The number of nitrogens with one attached hydrogen (secondary N) is 1. The van der Waals surface area contributed by atoms with Gasteiger partial charge < -0.3 is 5.32 Å². The molecule has 0 aromatic heterocycles. The van der Waals surface area contributed by atoms with Crippen molar-refractivity contribution in [3.05, 3.63) is 54.3 Å². The van der Waals surface area contributed by atoms with Crippen LogP contribution < -0.4 is 10.5 Å². The van der Waals surface area contributed by atoms with Gasteiger partial charge >= 0.3 is 0 Å². The number of anilines is 1. The number of carbonyl (C=O) groups excluding carboxylic acids is 1. The predicted molar refractivity (Wildman–Crippen MR) is 88.2 cm³/mol. The number of thioether (sulfide) groups is 1. The van der Waals surface area contributed by atoms with Gasteiger partial charge in [0.1, 0.15) is 5.82 Å². The molecule has 0 radical (unpaired) electrons. The summed E-state index contributed by atoms with van der Waals surface area (Å²) < 4.78 is 35.2. The molecule has 0 heterocycles. The van der Waals surface area contributed by atoms with Crippen LogP contribution in [-0.2, 0) is 14.8 Å². The van der Waals surface area contributed by atoms with E-state index in [2.05, 4.69) is 5.32 Å². The number of nitrogens with two attached hydrogens (primary N) is 1. The van der Waals surface area contributed by atoms with Crippen molar-refractivity contribution in [3.63, 3.8) is 0 Å². The molecule has 8 heteroatoms. The minimum atomic E-state index is -3.76. The first-order valence-electron chi connectivity index (χ1n) is 6.61. The smallest absolute Gasteiger partial charge is 0.238 e. The maximum atomic E-state index is 12.8. The van der Waals surface area contributed by atoms with Crippen molar-refractivity contribution in [2.75, 3.05) is 5.32 Å². The molecule has 122 valence electrons. The highest BCUT2D eigenvalue weighted by molar-refractivity contribution is 8.00. The molecule has 0 aliphatic heterocycles. The van der Waals surface area contributed by atoms with Gasteiger partial charge in [-0.15, -0.1) is 11.8 Å². The molecule has 0 fully saturated rings. The minimum Gasteiger partial charge on any atom is -0.325 e. The van der Waals surface area contributed by atoms with Gasteiger partial charge in [0.05, 0.1) is 10.1 Å². The van der Waals surface area contributed by atoms with Crippen molar-refractivity contribution in [1.29, 1.82) is 0 Å². The van der Waals surface area contributed by atoms with E-state index in [1.807, 2.05) is 0 Å². The first-order valence-corrected chi connectivity index (χ1v) is 9.04. The summed E-state index contributed by atoms with van der Waals surface area (Å²) in [7, 11) is -3.76. The molecule has 2 rings (SSSR count). The molecule has 3 N–H and O–H groups in total. The van der Waals surface area contributed by atoms with Gasteiger partial charge in [0.15, 0.2) is 0 Å². The third-order valence-corrected chi connectivity index (χ3v) is 4.99. The molecule has 0 saturated heterocycles. The summed E-state index contributed by atoms with van der Waals surface area (Å²) in [4.78, 5) is 12.9. The van der Waals surface area contributed by atoms with Crippen LogP contribution in [0.15, 0.2) is 58.3 Å². The van der Waals surface area contributed by atoms with E-state index in [9.17, 15) is 17.6 Å². The number of primary sulfonamides is 1. The molecule has 0 aliphatic rings. The number of amides is 1. The van der Waals surface area contributed by atoms with Crippen molar-refractivity contribution in [2.45, 2.75) is 22.0 Å². The van der Waals surface area contributed by atoms with E-state index in [4.69, 9.17) is 5.14 Å². The molecule has 1 atom stereocenters. The number of benzene rings is 2. The topological polar surface area (TPSA) is 89.3 Å². The van der Waals surface area contributed by atoms with E-state index in [0.29, 0.717) is 5.69 Å². The summed E-state index contributed by atoms with van der Waals surface area (Å²) in [5, 5.41) is 7.29. The first-order chi connectivity index (χ1) is 10.8. The molecule has 0 aliphatic carbocycles. The zero-order valence-corrected chi connectivity index (χ0v) is 13.8. The summed E-state index contributed by atoms with van der Waals surface area (Å²) in [6, 6.07) is 11.4.